The van der Waals surface area contributed by atoms with Crippen LogP contribution in [0.2, 0.25) is 0 Å². The number of aromatic nitrogens is 2. The van der Waals surface area contributed by atoms with E-state index in [9.17, 15) is 4.79 Å². The molecule has 2 aromatic heterocycles. The molecule has 134 valence electrons. The minimum Gasteiger partial charge on any atom is -0.444 e. The summed E-state index contributed by atoms with van der Waals surface area (Å²) in [6.45, 7) is 7.01. The van der Waals surface area contributed by atoms with Crippen molar-refractivity contribution in [1.29, 1.82) is 0 Å². The quantitative estimate of drug-likeness (QED) is 0.895. The summed E-state index contributed by atoms with van der Waals surface area (Å²) >= 11 is 1.65. The third-order valence-corrected chi connectivity index (χ3v) is 4.76. The van der Waals surface area contributed by atoms with Gasteiger partial charge in [0.15, 0.2) is 0 Å². The van der Waals surface area contributed by atoms with E-state index in [2.05, 4.69) is 15.3 Å². The van der Waals surface area contributed by atoms with E-state index >= 15 is 0 Å². The van der Waals surface area contributed by atoms with Crippen LogP contribution >= 0.6 is 11.3 Å². The van der Waals surface area contributed by atoms with E-state index in [1.54, 1.807) is 22.6 Å². The van der Waals surface area contributed by atoms with Crippen molar-refractivity contribution in [1.82, 2.24) is 14.9 Å². The number of likely N-dealkylation sites (tertiary alicyclic amines) is 1. The molecular weight excluding hydrogens is 336 g/mol. The van der Waals surface area contributed by atoms with Crippen LogP contribution in [0.4, 0.5) is 10.6 Å². The lowest BCUT2D eigenvalue weighted by molar-refractivity contribution is 0.0206. The highest BCUT2D eigenvalue weighted by molar-refractivity contribution is 7.13. The maximum absolute atomic E-state index is 12.3. The predicted molar refractivity (Wildman–Crippen MR) is 99.8 cm³/mol. The van der Waals surface area contributed by atoms with E-state index in [-0.39, 0.29) is 12.1 Å². The SMILES string of the molecule is CC(C)(C)OC(=O)N1CCCC(Nc2cc(-c3cccs3)ncn2)C1. The summed E-state index contributed by atoms with van der Waals surface area (Å²) in [5.41, 5.74) is 0.437. The number of piperidine rings is 1. The topological polar surface area (TPSA) is 67.3 Å². The van der Waals surface area contributed by atoms with Gasteiger partial charge in [0.05, 0.1) is 10.6 Å². The Morgan fingerprint density at radius 1 is 1.40 bits per heavy atom. The molecule has 1 atom stereocenters. The number of carbonyl (C=O) groups is 1. The Hall–Kier alpha value is -2.15. The first-order valence-electron chi connectivity index (χ1n) is 8.51. The van der Waals surface area contributed by atoms with Crippen LogP contribution in [0.3, 0.4) is 0 Å². The first kappa shape index (κ1) is 17.7. The molecule has 0 aromatic carbocycles. The minimum atomic E-state index is -0.473. The van der Waals surface area contributed by atoms with E-state index in [4.69, 9.17) is 4.74 Å². The molecule has 0 bridgehead atoms. The summed E-state index contributed by atoms with van der Waals surface area (Å²) in [5, 5.41) is 5.47. The van der Waals surface area contributed by atoms with Crippen LogP contribution in [0.15, 0.2) is 29.9 Å². The van der Waals surface area contributed by atoms with Crippen LogP contribution in [-0.2, 0) is 4.74 Å². The second kappa shape index (κ2) is 7.39. The van der Waals surface area contributed by atoms with Crippen molar-refractivity contribution < 1.29 is 9.53 Å². The summed E-state index contributed by atoms with van der Waals surface area (Å²) < 4.78 is 5.48. The standard InChI is InChI=1S/C18H24N4O2S/c1-18(2,3)24-17(23)22-8-4-6-13(11-22)21-16-10-14(19-12-20-16)15-7-5-9-25-15/h5,7,9-10,12-13H,4,6,8,11H2,1-3H3,(H,19,20,21). The van der Waals surface area contributed by atoms with Gasteiger partial charge >= 0.3 is 6.09 Å². The molecule has 1 aliphatic heterocycles. The van der Waals surface area contributed by atoms with Crippen LogP contribution in [0.25, 0.3) is 10.6 Å². The Kier molecular flexibility index (Phi) is 5.22. The Morgan fingerprint density at radius 2 is 2.24 bits per heavy atom. The Bertz CT molecular complexity index is 712. The van der Waals surface area contributed by atoms with E-state index in [0.29, 0.717) is 6.54 Å². The van der Waals surface area contributed by atoms with Crippen LogP contribution in [0.5, 0.6) is 0 Å². The molecule has 1 N–H and O–H groups in total. The van der Waals surface area contributed by atoms with Gasteiger partial charge in [-0.1, -0.05) is 6.07 Å². The molecule has 6 nitrogen and oxygen atoms in total. The molecule has 0 aliphatic carbocycles. The van der Waals surface area contributed by atoms with E-state index in [1.165, 1.54) is 0 Å². The number of carbonyl (C=O) groups excluding carboxylic acids is 1. The summed E-state index contributed by atoms with van der Waals surface area (Å²) in [4.78, 5) is 23.8. The average molecular weight is 360 g/mol. The zero-order valence-corrected chi connectivity index (χ0v) is 15.7. The molecule has 1 unspecified atom stereocenters. The van der Waals surface area contributed by atoms with Crippen molar-refractivity contribution in [2.24, 2.45) is 0 Å². The minimum absolute atomic E-state index is 0.160. The fourth-order valence-corrected chi connectivity index (χ4v) is 3.48. The van der Waals surface area contributed by atoms with Gasteiger partial charge in [-0.15, -0.1) is 11.3 Å². The zero-order valence-electron chi connectivity index (χ0n) is 14.9. The number of hydrogen-bond acceptors (Lipinski definition) is 6. The zero-order chi connectivity index (χ0) is 17.9. The van der Waals surface area contributed by atoms with Crippen molar-refractivity contribution in [2.45, 2.75) is 45.3 Å². The van der Waals surface area contributed by atoms with Crippen molar-refractivity contribution >= 4 is 23.2 Å². The molecule has 2 aromatic rings. The fourth-order valence-electron chi connectivity index (χ4n) is 2.79. The number of thiophene rings is 1. The molecule has 7 heteroatoms. The molecule has 1 aliphatic rings. The molecule has 0 saturated carbocycles. The molecule has 0 spiro atoms. The van der Waals surface area contributed by atoms with Gasteiger partial charge < -0.3 is 15.0 Å². The first-order valence-corrected chi connectivity index (χ1v) is 9.39. The van der Waals surface area contributed by atoms with Crippen molar-refractivity contribution in [3.8, 4) is 10.6 Å². The number of ether oxygens (including phenoxy) is 1. The summed E-state index contributed by atoms with van der Waals surface area (Å²) in [6, 6.07) is 6.17. The molecule has 1 saturated heterocycles. The molecule has 1 fully saturated rings. The van der Waals surface area contributed by atoms with Crippen LogP contribution in [0, 0.1) is 0 Å². The highest BCUT2D eigenvalue weighted by atomic mass is 32.1. The number of amides is 1. The van der Waals surface area contributed by atoms with E-state index in [1.807, 2.05) is 44.4 Å². The van der Waals surface area contributed by atoms with E-state index in [0.717, 1.165) is 35.8 Å². The highest BCUT2D eigenvalue weighted by Crippen LogP contribution is 2.24. The van der Waals surface area contributed by atoms with Crippen LogP contribution in [0.1, 0.15) is 33.6 Å². The maximum Gasteiger partial charge on any atom is 0.410 e. The van der Waals surface area contributed by atoms with Crippen LogP contribution < -0.4 is 5.32 Å². The lowest BCUT2D eigenvalue weighted by Gasteiger charge is -2.34. The van der Waals surface area contributed by atoms with Gasteiger partial charge in [0, 0.05) is 25.2 Å². The predicted octanol–water partition coefficient (Wildman–Crippen LogP) is 4.02. The van der Waals surface area contributed by atoms with Crippen LogP contribution in [-0.4, -0.2) is 45.7 Å². The third kappa shape index (κ3) is 4.92. The monoisotopic (exact) mass is 360 g/mol. The highest BCUT2D eigenvalue weighted by Gasteiger charge is 2.27. The van der Waals surface area contributed by atoms with Gasteiger partial charge in [-0.2, -0.15) is 0 Å². The molecule has 0 radical (unpaired) electrons. The number of hydrogen-bond donors (Lipinski definition) is 1. The molecule has 1 amide bonds. The van der Waals surface area contributed by atoms with Gasteiger partial charge in [0.25, 0.3) is 0 Å². The number of rotatable bonds is 3. The lowest BCUT2D eigenvalue weighted by Crippen LogP contribution is -2.47. The van der Waals surface area contributed by atoms with Gasteiger partial charge in [0.1, 0.15) is 17.7 Å². The second-order valence-corrected chi connectivity index (χ2v) is 8.12. The second-order valence-electron chi connectivity index (χ2n) is 7.18. The third-order valence-electron chi connectivity index (χ3n) is 3.87. The Balaban J connectivity index is 1.63. The molecule has 25 heavy (non-hydrogen) atoms. The largest absolute Gasteiger partial charge is 0.444 e. The maximum atomic E-state index is 12.3. The smallest absolute Gasteiger partial charge is 0.410 e. The lowest BCUT2D eigenvalue weighted by atomic mass is 10.1. The Morgan fingerprint density at radius 3 is 2.96 bits per heavy atom. The molecule has 3 heterocycles. The summed E-state index contributed by atoms with van der Waals surface area (Å²) in [6.07, 6.45) is 3.27. The van der Waals surface area contributed by atoms with Crippen molar-refractivity contribution in [3.63, 3.8) is 0 Å². The molecular formula is C18H24N4O2S. The van der Waals surface area contributed by atoms with Crippen molar-refractivity contribution in [2.75, 3.05) is 18.4 Å². The van der Waals surface area contributed by atoms with Gasteiger partial charge in [0.2, 0.25) is 0 Å². The number of anilines is 1. The number of nitrogens with zero attached hydrogens (tertiary/aromatic N) is 3. The number of nitrogens with one attached hydrogen (secondary N) is 1. The van der Waals surface area contributed by atoms with Gasteiger partial charge in [-0.25, -0.2) is 14.8 Å². The first-order chi connectivity index (χ1) is 11.9. The Labute approximate surface area is 152 Å². The van der Waals surface area contributed by atoms with Crippen molar-refractivity contribution in [3.05, 3.63) is 29.9 Å². The van der Waals surface area contributed by atoms with Gasteiger partial charge in [-0.3, -0.25) is 0 Å². The fraction of sp³-hybridized carbons (Fsp3) is 0.500. The molecule has 3 rings (SSSR count). The normalized spacial score (nSPS) is 18.0. The summed E-state index contributed by atoms with van der Waals surface area (Å²) in [5.74, 6) is 0.787. The van der Waals surface area contributed by atoms with Gasteiger partial charge in [-0.05, 0) is 45.1 Å². The van der Waals surface area contributed by atoms with E-state index < -0.39 is 5.60 Å². The summed E-state index contributed by atoms with van der Waals surface area (Å²) in [7, 11) is 0. The average Bonchev–Trinajstić information content (AvgIpc) is 3.08.